The topological polar surface area (TPSA) is 106 Å². The molecule has 0 bridgehead atoms. The molecule has 1 saturated carbocycles. The van der Waals surface area contributed by atoms with Crippen LogP contribution in [0.15, 0.2) is 35.0 Å². The van der Waals surface area contributed by atoms with E-state index in [0.29, 0.717) is 47.2 Å². The molecule has 1 saturated heterocycles. The molecule has 1 unspecified atom stereocenters. The summed E-state index contributed by atoms with van der Waals surface area (Å²) in [5.41, 5.74) is 4.46. The minimum atomic E-state index is -1.61. The molecule has 0 amide bonds. The van der Waals surface area contributed by atoms with Gasteiger partial charge in [-0.15, -0.1) is 0 Å². The van der Waals surface area contributed by atoms with Crippen molar-refractivity contribution in [3.63, 3.8) is 0 Å². The first kappa shape index (κ1) is 20.5. The molecule has 170 valence electrons. The summed E-state index contributed by atoms with van der Waals surface area (Å²) >= 11 is 0. The van der Waals surface area contributed by atoms with E-state index >= 15 is 0 Å². The average Bonchev–Trinajstić information content (AvgIpc) is 3.19. The molecule has 1 atom stereocenters. The molecule has 8 nitrogen and oxygen atoms in total. The van der Waals surface area contributed by atoms with Gasteiger partial charge in [0, 0.05) is 34.5 Å². The number of hydrogen-bond acceptors (Lipinski definition) is 7. The summed E-state index contributed by atoms with van der Waals surface area (Å²) in [5, 5.41) is 16.6. The van der Waals surface area contributed by atoms with Crippen LogP contribution in [0.2, 0.25) is 0 Å². The highest BCUT2D eigenvalue weighted by molar-refractivity contribution is 5.87. The van der Waals surface area contributed by atoms with Crippen molar-refractivity contribution in [2.45, 2.75) is 51.4 Å². The van der Waals surface area contributed by atoms with E-state index in [0.717, 1.165) is 41.0 Å². The van der Waals surface area contributed by atoms with Crippen molar-refractivity contribution in [1.29, 1.82) is 0 Å². The molecule has 33 heavy (non-hydrogen) atoms. The van der Waals surface area contributed by atoms with Gasteiger partial charge in [0.05, 0.1) is 29.9 Å². The summed E-state index contributed by atoms with van der Waals surface area (Å²) in [5.74, 6) is 2.09. The lowest BCUT2D eigenvalue weighted by Gasteiger charge is -2.34. The minimum Gasteiger partial charge on any atom is -0.375 e. The second-order valence-electron chi connectivity index (χ2n) is 8.99. The van der Waals surface area contributed by atoms with E-state index in [1.54, 1.807) is 6.20 Å². The van der Waals surface area contributed by atoms with Crippen molar-refractivity contribution in [3.8, 4) is 11.1 Å². The molecule has 1 aliphatic heterocycles. The summed E-state index contributed by atoms with van der Waals surface area (Å²) in [6, 6.07) is 7.70. The fourth-order valence-corrected chi connectivity index (χ4v) is 4.90. The van der Waals surface area contributed by atoms with Gasteiger partial charge in [0.15, 0.2) is 11.9 Å². The van der Waals surface area contributed by atoms with Crippen molar-refractivity contribution in [2.24, 2.45) is 0 Å². The normalized spacial score (nSPS) is 18.8. The zero-order chi connectivity index (χ0) is 22.7. The number of H-pyrrole nitrogens is 1. The van der Waals surface area contributed by atoms with Crippen LogP contribution >= 0.6 is 0 Å². The van der Waals surface area contributed by atoms with Crippen LogP contribution in [0.4, 0.5) is 0 Å². The van der Waals surface area contributed by atoms with Crippen molar-refractivity contribution in [3.05, 3.63) is 64.6 Å². The number of ether oxygens (including phenoxy) is 2. The highest BCUT2D eigenvalue weighted by Crippen LogP contribution is 2.45. The van der Waals surface area contributed by atoms with E-state index in [-0.39, 0.29) is 0 Å². The Morgan fingerprint density at radius 1 is 1.06 bits per heavy atom. The Hall–Kier alpha value is -3.07. The summed E-state index contributed by atoms with van der Waals surface area (Å²) in [6.07, 6.45) is 3.06. The number of nitrogens with zero attached hydrogens (tertiary/aromatic N) is 3. The number of benzene rings is 1. The second kappa shape index (κ2) is 7.48. The molecule has 8 heteroatoms. The lowest BCUT2D eigenvalue weighted by Crippen LogP contribution is -2.42. The number of aromatic amines is 1. The van der Waals surface area contributed by atoms with Gasteiger partial charge in [0.25, 0.3) is 0 Å². The number of fused-ring (bicyclic) bond motifs is 1. The van der Waals surface area contributed by atoms with E-state index in [9.17, 15) is 5.11 Å². The first-order valence-electron chi connectivity index (χ1n) is 11.3. The highest BCUT2D eigenvalue weighted by Gasteiger charge is 2.47. The van der Waals surface area contributed by atoms with Gasteiger partial charge < -0.3 is 24.1 Å². The molecule has 1 aliphatic carbocycles. The maximum absolute atomic E-state index is 12.5. The highest BCUT2D eigenvalue weighted by atomic mass is 16.7. The third-order valence-corrected chi connectivity index (χ3v) is 6.68. The number of aryl methyl sites for hydroxylation is 3. The van der Waals surface area contributed by atoms with Crippen LogP contribution in [0.1, 0.15) is 52.9 Å². The van der Waals surface area contributed by atoms with Gasteiger partial charge in [-0.1, -0.05) is 11.2 Å². The Kier molecular flexibility index (Phi) is 4.65. The Morgan fingerprint density at radius 2 is 1.85 bits per heavy atom. The predicted molar refractivity (Wildman–Crippen MR) is 121 cm³/mol. The van der Waals surface area contributed by atoms with Gasteiger partial charge in [-0.2, -0.15) is 0 Å². The molecule has 6 rings (SSSR count). The molecule has 0 spiro atoms. The molecule has 0 radical (unpaired) electrons. The van der Waals surface area contributed by atoms with Gasteiger partial charge in [-0.05, 0) is 57.4 Å². The number of aliphatic hydroxyl groups is 1. The monoisotopic (exact) mass is 446 g/mol. The third-order valence-electron chi connectivity index (χ3n) is 6.68. The Labute approximate surface area is 191 Å². The third kappa shape index (κ3) is 3.20. The molecule has 2 N–H and O–H groups in total. The largest absolute Gasteiger partial charge is 0.375 e. The van der Waals surface area contributed by atoms with Crippen LogP contribution in [0.5, 0.6) is 0 Å². The summed E-state index contributed by atoms with van der Waals surface area (Å²) in [6.45, 7) is 6.51. The summed E-state index contributed by atoms with van der Waals surface area (Å²) in [4.78, 5) is 12.9. The maximum atomic E-state index is 12.5. The van der Waals surface area contributed by atoms with Gasteiger partial charge in [0.1, 0.15) is 11.6 Å². The number of hydrogen-bond donors (Lipinski definition) is 2. The van der Waals surface area contributed by atoms with Gasteiger partial charge in [0.2, 0.25) is 0 Å². The van der Waals surface area contributed by atoms with Crippen LogP contribution in [-0.2, 0) is 15.1 Å². The predicted octanol–water partition coefficient (Wildman–Crippen LogP) is 4.02. The SMILES string of the molecule is Cc1ncccc1C(O)(c1cc(-c2c(C)noc2C)cc2[nH]c(C3CC3)nc12)C1OCCO1. The van der Waals surface area contributed by atoms with E-state index in [1.807, 2.05) is 39.0 Å². The Morgan fingerprint density at radius 3 is 2.52 bits per heavy atom. The standard InChI is InChI=1S/C25H26N4O4/c1-13-18(5-4-8-26-13)25(30,24-31-9-10-32-24)19-11-17(21-14(2)29-33-15(21)3)12-20-22(19)28-23(27-20)16-6-7-16/h4-5,8,11-12,16,24,30H,6-7,9-10H2,1-3H3,(H,27,28). The fourth-order valence-electron chi connectivity index (χ4n) is 4.90. The van der Waals surface area contributed by atoms with Crippen molar-refractivity contribution >= 4 is 11.0 Å². The zero-order valence-electron chi connectivity index (χ0n) is 18.9. The number of pyridine rings is 1. The van der Waals surface area contributed by atoms with E-state index in [1.165, 1.54) is 0 Å². The van der Waals surface area contributed by atoms with Crippen molar-refractivity contribution < 1.29 is 19.1 Å². The molecule has 1 aromatic carbocycles. The average molecular weight is 447 g/mol. The number of imidazole rings is 1. The molecule has 2 fully saturated rings. The Balaban J connectivity index is 1.67. The van der Waals surface area contributed by atoms with E-state index in [2.05, 4.69) is 21.2 Å². The van der Waals surface area contributed by atoms with Crippen LogP contribution in [0.25, 0.3) is 22.2 Å². The molecule has 4 heterocycles. The van der Waals surface area contributed by atoms with E-state index in [4.69, 9.17) is 19.0 Å². The Bertz CT molecular complexity index is 1330. The van der Waals surface area contributed by atoms with Crippen molar-refractivity contribution in [1.82, 2.24) is 20.1 Å². The number of aromatic nitrogens is 4. The molecular formula is C25H26N4O4. The molecule has 3 aromatic heterocycles. The first-order chi connectivity index (χ1) is 16.0. The molecule has 4 aromatic rings. The smallest absolute Gasteiger partial charge is 0.195 e. The quantitative estimate of drug-likeness (QED) is 0.477. The maximum Gasteiger partial charge on any atom is 0.195 e. The fraction of sp³-hybridized carbons (Fsp3) is 0.400. The van der Waals surface area contributed by atoms with Crippen LogP contribution < -0.4 is 0 Å². The van der Waals surface area contributed by atoms with E-state index < -0.39 is 11.9 Å². The zero-order valence-corrected chi connectivity index (χ0v) is 18.9. The lowest BCUT2D eigenvalue weighted by atomic mass is 9.82. The van der Waals surface area contributed by atoms with Crippen LogP contribution in [-0.4, -0.2) is 44.7 Å². The van der Waals surface area contributed by atoms with Gasteiger partial charge in [-0.3, -0.25) is 4.98 Å². The number of rotatable bonds is 5. The summed E-state index contributed by atoms with van der Waals surface area (Å²) in [7, 11) is 0. The molecular weight excluding hydrogens is 420 g/mol. The van der Waals surface area contributed by atoms with Crippen molar-refractivity contribution in [2.75, 3.05) is 13.2 Å². The van der Waals surface area contributed by atoms with Crippen LogP contribution in [0.3, 0.4) is 0 Å². The molecule has 2 aliphatic rings. The van der Waals surface area contributed by atoms with Gasteiger partial charge in [-0.25, -0.2) is 4.98 Å². The van der Waals surface area contributed by atoms with Gasteiger partial charge >= 0.3 is 0 Å². The second-order valence-corrected chi connectivity index (χ2v) is 8.99. The lowest BCUT2D eigenvalue weighted by molar-refractivity contribution is -0.166. The number of nitrogens with one attached hydrogen (secondary N) is 1. The summed E-state index contributed by atoms with van der Waals surface area (Å²) < 4.78 is 17.3. The van der Waals surface area contributed by atoms with Crippen LogP contribution in [0, 0.1) is 20.8 Å². The first-order valence-corrected chi connectivity index (χ1v) is 11.3. The minimum absolute atomic E-state index is 0.410.